The van der Waals surface area contributed by atoms with Crippen molar-refractivity contribution in [3.05, 3.63) is 18.0 Å². The van der Waals surface area contributed by atoms with Gasteiger partial charge in [0.25, 0.3) is 0 Å². The molecule has 1 N–H and O–H groups in total. The van der Waals surface area contributed by atoms with Gasteiger partial charge in [-0.3, -0.25) is 4.68 Å². The van der Waals surface area contributed by atoms with E-state index in [1.807, 2.05) is 10.9 Å². The third kappa shape index (κ3) is 3.83. The number of hydrogen-bond acceptors (Lipinski definition) is 3. The molecule has 4 nitrogen and oxygen atoms in total. The first-order valence-corrected chi connectivity index (χ1v) is 7.90. The number of hydrogen-bond donors (Lipinski definition) is 1. The third-order valence-electron chi connectivity index (χ3n) is 4.49. The molecule has 2 atom stereocenters. The zero-order valence-corrected chi connectivity index (χ0v) is 13.4. The lowest BCUT2D eigenvalue weighted by atomic mass is 9.90. The molecule has 0 radical (unpaired) electrons. The molecule has 2 heterocycles. The van der Waals surface area contributed by atoms with Crippen LogP contribution in [-0.4, -0.2) is 29.5 Å². The average Bonchev–Trinajstić information content (AvgIpc) is 3.06. The van der Waals surface area contributed by atoms with Gasteiger partial charge in [-0.15, -0.1) is 0 Å². The van der Waals surface area contributed by atoms with Crippen molar-refractivity contribution in [2.24, 2.45) is 11.3 Å². The van der Waals surface area contributed by atoms with Crippen molar-refractivity contribution in [1.29, 1.82) is 0 Å². The van der Waals surface area contributed by atoms with E-state index >= 15 is 0 Å². The van der Waals surface area contributed by atoms with Crippen LogP contribution in [-0.2, 0) is 11.3 Å². The van der Waals surface area contributed by atoms with Gasteiger partial charge in [0.05, 0.1) is 12.3 Å². The lowest BCUT2D eigenvalue weighted by molar-refractivity contribution is 0.0897. The largest absolute Gasteiger partial charge is 0.373 e. The van der Waals surface area contributed by atoms with Crippen LogP contribution in [0.5, 0.6) is 0 Å². The van der Waals surface area contributed by atoms with Gasteiger partial charge in [-0.25, -0.2) is 0 Å². The van der Waals surface area contributed by atoms with E-state index in [1.54, 1.807) is 0 Å². The molecule has 0 bridgehead atoms. The Morgan fingerprint density at radius 3 is 2.90 bits per heavy atom. The van der Waals surface area contributed by atoms with E-state index < -0.39 is 0 Å². The summed E-state index contributed by atoms with van der Waals surface area (Å²) in [6, 6.07) is 0. The van der Waals surface area contributed by atoms with Crippen molar-refractivity contribution in [2.45, 2.75) is 53.2 Å². The summed E-state index contributed by atoms with van der Waals surface area (Å²) in [5.41, 5.74) is 1.60. The molecule has 1 aliphatic rings. The predicted molar refractivity (Wildman–Crippen MR) is 81.6 cm³/mol. The average molecular weight is 279 g/mol. The fraction of sp³-hybridized carbons (Fsp3) is 0.812. The minimum Gasteiger partial charge on any atom is -0.373 e. The van der Waals surface area contributed by atoms with Crippen LogP contribution in [0.15, 0.2) is 12.4 Å². The summed E-state index contributed by atoms with van der Waals surface area (Å²) in [5, 5.41) is 7.99. The van der Waals surface area contributed by atoms with E-state index in [9.17, 15) is 0 Å². The number of aromatic nitrogens is 2. The van der Waals surface area contributed by atoms with Crippen LogP contribution < -0.4 is 5.32 Å². The molecule has 1 aliphatic heterocycles. The van der Waals surface area contributed by atoms with E-state index in [0.29, 0.717) is 11.3 Å². The van der Waals surface area contributed by atoms with Crippen molar-refractivity contribution in [3.63, 3.8) is 0 Å². The van der Waals surface area contributed by atoms with Crippen LogP contribution in [0.25, 0.3) is 0 Å². The van der Waals surface area contributed by atoms with Crippen molar-refractivity contribution >= 4 is 0 Å². The Bertz CT molecular complexity index is 414. The van der Waals surface area contributed by atoms with E-state index in [1.165, 1.54) is 12.0 Å². The summed E-state index contributed by atoms with van der Waals surface area (Å²) in [6.45, 7) is 12.9. The molecular weight excluding hydrogens is 250 g/mol. The maximum absolute atomic E-state index is 5.93. The van der Waals surface area contributed by atoms with Crippen molar-refractivity contribution < 1.29 is 4.74 Å². The number of nitrogens with zero attached hydrogens (tertiary/aromatic N) is 2. The standard InChI is InChI=1S/C16H29N3O/c1-5-16(3,4)12-17-9-13-7-8-20-15(13)14-10-18-19(6-2)11-14/h10-11,13,15,17H,5-9,12H2,1-4H3/t13-,15-/m0/s1. The minimum atomic E-state index is 0.215. The molecule has 114 valence electrons. The zero-order chi connectivity index (χ0) is 14.6. The normalized spacial score (nSPS) is 23.4. The molecule has 0 aromatic carbocycles. The second kappa shape index (κ2) is 6.72. The molecule has 4 heteroatoms. The molecule has 0 amide bonds. The summed E-state index contributed by atoms with van der Waals surface area (Å²) in [4.78, 5) is 0. The lowest BCUT2D eigenvalue weighted by Gasteiger charge is -2.25. The molecule has 0 unspecified atom stereocenters. The summed E-state index contributed by atoms with van der Waals surface area (Å²) < 4.78 is 7.90. The van der Waals surface area contributed by atoms with Gasteiger partial charge < -0.3 is 10.1 Å². The topological polar surface area (TPSA) is 39.1 Å². The quantitative estimate of drug-likeness (QED) is 0.834. The van der Waals surface area contributed by atoms with Gasteiger partial charge in [-0.05, 0) is 25.2 Å². The van der Waals surface area contributed by atoms with Crippen molar-refractivity contribution in [1.82, 2.24) is 15.1 Å². The number of aryl methyl sites for hydroxylation is 1. The van der Waals surface area contributed by atoms with Crippen LogP contribution in [0.2, 0.25) is 0 Å². The second-order valence-corrected chi connectivity index (χ2v) is 6.62. The highest BCUT2D eigenvalue weighted by atomic mass is 16.5. The molecule has 0 aliphatic carbocycles. The summed E-state index contributed by atoms with van der Waals surface area (Å²) in [7, 11) is 0. The summed E-state index contributed by atoms with van der Waals surface area (Å²) >= 11 is 0. The van der Waals surface area contributed by atoms with Gasteiger partial charge in [0.15, 0.2) is 0 Å². The second-order valence-electron chi connectivity index (χ2n) is 6.62. The van der Waals surface area contributed by atoms with Crippen LogP contribution in [0.3, 0.4) is 0 Å². The van der Waals surface area contributed by atoms with E-state index in [0.717, 1.165) is 32.7 Å². The Hall–Kier alpha value is -0.870. The van der Waals surface area contributed by atoms with Crippen molar-refractivity contribution in [3.8, 4) is 0 Å². The van der Waals surface area contributed by atoms with Crippen LogP contribution in [0.4, 0.5) is 0 Å². The predicted octanol–water partition coefficient (Wildman–Crippen LogP) is 3.01. The van der Waals surface area contributed by atoms with Gasteiger partial charge in [-0.2, -0.15) is 5.10 Å². The number of nitrogens with one attached hydrogen (secondary N) is 1. The maximum Gasteiger partial charge on any atom is 0.0896 e. The SMILES string of the molecule is CCn1cc([C@H]2OCC[C@H]2CNCC(C)(C)CC)cn1. The third-order valence-corrected chi connectivity index (χ3v) is 4.49. The first-order chi connectivity index (χ1) is 9.55. The van der Waals surface area contributed by atoms with Crippen LogP contribution >= 0.6 is 0 Å². The Balaban J connectivity index is 1.87. The number of ether oxygens (including phenoxy) is 1. The van der Waals surface area contributed by atoms with Crippen molar-refractivity contribution in [2.75, 3.05) is 19.7 Å². The van der Waals surface area contributed by atoms with E-state index in [4.69, 9.17) is 4.74 Å². The minimum absolute atomic E-state index is 0.215. The molecule has 0 spiro atoms. The highest BCUT2D eigenvalue weighted by Gasteiger charge is 2.30. The Labute approximate surface area is 122 Å². The highest BCUT2D eigenvalue weighted by Crippen LogP contribution is 2.34. The monoisotopic (exact) mass is 279 g/mol. The van der Waals surface area contributed by atoms with Gasteiger partial charge in [-0.1, -0.05) is 20.8 Å². The highest BCUT2D eigenvalue weighted by molar-refractivity contribution is 5.11. The molecule has 0 saturated carbocycles. The molecule has 20 heavy (non-hydrogen) atoms. The van der Waals surface area contributed by atoms with Crippen LogP contribution in [0, 0.1) is 11.3 Å². The lowest BCUT2D eigenvalue weighted by Crippen LogP contribution is -2.33. The fourth-order valence-corrected chi connectivity index (χ4v) is 2.63. The first-order valence-electron chi connectivity index (χ1n) is 7.90. The Kier molecular flexibility index (Phi) is 5.22. The summed E-state index contributed by atoms with van der Waals surface area (Å²) in [5.74, 6) is 0.567. The van der Waals surface area contributed by atoms with Gasteiger partial charge in [0, 0.05) is 43.9 Å². The summed E-state index contributed by atoms with van der Waals surface area (Å²) in [6.07, 6.45) is 6.64. The van der Waals surface area contributed by atoms with E-state index in [-0.39, 0.29) is 6.10 Å². The Morgan fingerprint density at radius 2 is 2.25 bits per heavy atom. The Morgan fingerprint density at radius 1 is 1.45 bits per heavy atom. The maximum atomic E-state index is 5.93. The fourth-order valence-electron chi connectivity index (χ4n) is 2.63. The first kappa shape index (κ1) is 15.5. The van der Waals surface area contributed by atoms with E-state index in [2.05, 4.69) is 44.3 Å². The van der Waals surface area contributed by atoms with Gasteiger partial charge >= 0.3 is 0 Å². The zero-order valence-electron chi connectivity index (χ0n) is 13.4. The molecule has 1 aromatic heterocycles. The molecule has 1 aromatic rings. The molecular formula is C16H29N3O. The molecule has 2 rings (SSSR count). The van der Waals surface area contributed by atoms with Gasteiger partial charge in [0.2, 0.25) is 0 Å². The number of rotatable bonds is 7. The molecule has 1 fully saturated rings. The van der Waals surface area contributed by atoms with Gasteiger partial charge in [0.1, 0.15) is 0 Å². The smallest absolute Gasteiger partial charge is 0.0896 e. The van der Waals surface area contributed by atoms with Crippen LogP contribution in [0.1, 0.15) is 52.2 Å². The molecule has 1 saturated heterocycles.